The summed E-state index contributed by atoms with van der Waals surface area (Å²) in [6.45, 7) is 8.94. The lowest BCUT2D eigenvalue weighted by molar-refractivity contribution is 0.240. The summed E-state index contributed by atoms with van der Waals surface area (Å²) in [6, 6.07) is 0. The third kappa shape index (κ3) is 1.86. The van der Waals surface area contributed by atoms with E-state index in [1.165, 1.54) is 31.3 Å². The number of rotatable bonds is 4. The Morgan fingerprint density at radius 1 is 1.56 bits per heavy atom. The van der Waals surface area contributed by atoms with Gasteiger partial charge >= 0.3 is 0 Å². The zero-order chi connectivity index (χ0) is 11.8. The van der Waals surface area contributed by atoms with Crippen molar-refractivity contribution in [2.24, 2.45) is 17.3 Å². The van der Waals surface area contributed by atoms with E-state index in [-0.39, 0.29) is 6.61 Å². The minimum absolute atomic E-state index is 0.198. The smallest absolute Gasteiger partial charge is 0.0639 e. The van der Waals surface area contributed by atoms with Gasteiger partial charge in [-0.1, -0.05) is 30.7 Å². The van der Waals surface area contributed by atoms with Gasteiger partial charge in [0.25, 0.3) is 0 Å². The van der Waals surface area contributed by atoms with E-state index in [0.717, 1.165) is 23.8 Å². The van der Waals surface area contributed by atoms with Gasteiger partial charge in [0.2, 0.25) is 0 Å². The Bertz CT molecular complexity index is 315. The largest absolute Gasteiger partial charge is 0.392 e. The second-order valence-corrected chi connectivity index (χ2v) is 5.90. The summed E-state index contributed by atoms with van der Waals surface area (Å²) >= 11 is 0. The van der Waals surface area contributed by atoms with Crippen molar-refractivity contribution in [3.05, 3.63) is 23.8 Å². The number of hydrogen-bond acceptors (Lipinski definition) is 1. The summed E-state index contributed by atoms with van der Waals surface area (Å²) in [6.07, 6.45) is 8.66. The van der Waals surface area contributed by atoms with Crippen molar-refractivity contribution in [2.75, 3.05) is 6.61 Å². The highest BCUT2D eigenvalue weighted by Crippen LogP contribution is 2.60. The van der Waals surface area contributed by atoms with Crippen LogP contribution in [-0.4, -0.2) is 11.7 Å². The summed E-state index contributed by atoms with van der Waals surface area (Å²) in [4.78, 5) is 0. The molecule has 0 spiro atoms. The summed E-state index contributed by atoms with van der Waals surface area (Å²) < 4.78 is 0. The molecule has 1 N–H and O–H groups in total. The minimum Gasteiger partial charge on any atom is -0.392 e. The molecule has 3 atom stereocenters. The van der Waals surface area contributed by atoms with E-state index in [0.29, 0.717) is 5.41 Å². The number of hydrogen-bond donors (Lipinski definition) is 1. The first-order chi connectivity index (χ1) is 7.58. The van der Waals surface area contributed by atoms with Crippen LogP contribution >= 0.6 is 0 Å². The third-order valence-corrected chi connectivity index (χ3v) is 4.97. The predicted octanol–water partition coefficient (Wildman–Crippen LogP) is 3.70. The molecule has 90 valence electrons. The molecular weight excluding hydrogens is 196 g/mol. The SMILES string of the molecule is C=C1C2CCC(C2)[C@@]1(C)CC/C=C(\C)CO. The molecule has 2 aliphatic rings. The molecule has 2 fully saturated rings. The predicted molar refractivity (Wildman–Crippen MR) is 68.2 cm³/mol. The lowest BCUT2D eigenvalue weighted by atomic mass is 9.69. The van der Waals surface area contributed by atoms with Gasteiger partial charge in [0.1, 0.15) is 0 Å². The summed E-state index contributed by atoms with van der Waals surface area (Å²) in [5, 5.41) is 8.96. The fourth-order valence-electron chi connectivity index (χ4n) is 3.65. The standard InChI is InChI=1S/C15H24O/c1-11(10-16)5-4-8-15(3)12(2)13-6-7-14(15)9-13/h5,13-14,16H,2,4,6-10H2,1,3H3/b11-5+/t13?,14?,15-/m0/s1. The van der Waals surface area contributed by atoms with Crippen molar-refractivity contribution in [2.45, 2.75) is 46.0 Å². The molecular formula is C15H24O. The van der Waals surface area contributed by atoms with E-state index in [2.05, 4.69) is 19.6 Å². The lowest BCUT2D eigenvalue weighted by Crippen LogP contribution is -2.26. The normalized spacial score (nSPS) is 38.4. The molecule has 0 aromatic carbocycles. The Balaban J connectivity index is 1.96. The van der Waals surface area contributed by atoms with E-state index in [4.69, 9.17) is 5.11 Å². The molecule has 0 heterocycles. The van der Waals surface area contributed by atoms with Crippen LogP contribution in [0.4, 0.5) is 0 Å². The van der Waals surface area contributed by atoms with Crippen LogP contribution in [0, 0.1) is 17.3 Å². The monoisotopic (exact) mass is 220 g/mol. The molecule has 0 saturated heterocycles. The highest BCUT2D eigenvalue weighted by atomic mass is 16.3. The molecule has 0 radical (unpaired) electrons. The fourth-order valence-corrected chi connectivity index (χ4v) is 3.65. The fraction of sp³-hybridized carbons (Fsp3) is 0.733. The number of allylic oxidation sites excluding steroid dienone is 2. The third-order valence-electron chi connectivity index (χ3n) is 4.97. The Morgan fingerprint density at radius 2 is 2.31 bits per heavy atom. The van der Waals surface area contributed by atoms with Crippen LogP contribution in [0.15, 0.2) is 23.8 Å². The summed E-state index contributed by atoms with van der Waals surface area (Å²) in [5.41, 5.74) is 2.99. The topological polar surface area (TPSA) is 20.2 Å². The molecule has 2 unspecified atom stereocenters. The molecule has 0 amide bonds. The van der Waals surface area contributed by atoms with Crippen molar-refractivity contribution in [1.29, 1.82) is 0 Å². The lowest BCUT2D eigenvalue weighted by Gasteiger charge is -2.36. The van der Waals surface area contributed by atoms with Crippen molar-refractivity contribution in [3.63, 3.8) is 0 Å². The molecule has 0 aromatic rings. The van der Waals surface area contributed by atoms with Gasteiger partial charge in [0.05, 0.1) is 6.61 Å². The average molecular weight is 220 g/mol. The van der Waals surface area contributed by atoms with E-state index in [1.54, 1.807) is 0 Å². The quantitative estimate of drug-likeness (QED) is 0.716. The Hall–Kier alpha value is -0.560. The maximum absolute atomic E-state index is 8.96. The Kier molecular flexibility index (Phi) is 3.25. The van der Waals surface area contributed by atoms with Crippen molar-refractivity contribution >= 4 is 0 Å². The maximum Gasteiger partial charge on any atom is 0.0639 e. The molecule has 2 rings (SSSR count). The van der Waals surface area contributed by atoms with E-state index in [1.807, 2.05) is 6.92 Å². The van der Waals surface area contributed by atoms with Crippen LogP contribution in [0.25, 0.3) is 0 Å². The van der Waals surface area contributed by atoms with Gasteiger partial charge in [-0.2, -0.15) is 0 Å². The van der Waals surface area contributed by atoms with E-state index >= 15 is 0 Å². The van der Waals surface area contributed by atoms with E-state index in [9.17, 15) is 0 Å². The molecule has 16 heavy (non-hydrogen) atoms. The van der Waals surface area contributed by atoms with Crippen LogP contribution in [0.5, 0.6) is 0 Å². The molecule has 2 bridgehead atoms. The van der Waals surface area contributed by atoms with Crippen molar-refractivity contribution in [3.8, 4) is 0 Å². The first kappa shape index (κ1) is 11.9. The molecule has 0 aliphatic heterocycles. The number of fused-ring (bicyclic) bond motifs is 2. The molecule has 0 aromatic heterocycles. The van der Waals surface area contributed by atoms with Gasteiger partial charge in [-0.05, 0) is 56.3 Å². The van der Waals surface area contributed by atoms with E-state index < -0.39 is 0 Å². The van der Waals surface area contributed by atoms with Gasteiger partial charge in [0, 0.05) is 0 Å². The van der Waals surface area contributed by atoms with Crippen molar-refractivity contribution in [1.82, 2.24) is 0 Å². The zero-order valence-corrected chi connectivity index (χ0v) is 10.6. The highest BCUT2D eigenvalue weighted by molar-refractivity contribution is 5.24. The second kappa shape index (κ2) is 4.37. The number of aliphatic hydroxyl groups is 1. The van der Waals surface area contributed by atoms with Crippen LogP contribution in [0.2, 0.25) is 0 Å². The highest BCUT2D eigenvalue weighted by Gasteiger charge is 2.49. The molecule has 1 heteroatoms. The van der Waals surface area contributed by atoms with Crippen LogP contribution in [-0.2, 0) is 0 Å². The average Bonchev–Trinajstić information content (AvgIpc) is 2.83. The van der Waals surface area contributed by atoms with Gasteiger partial charge in [0.15, 0.2) is 0 Å². The molecule has 1 nitrogen and oxygen atoms in total. The van der Waals surface area contributed by atoms with Crippen LogP contribution in [0.1, 0.15) is 46.0 Å². The van der Waals surface area contributed by atoms with Crippen LogP contribution < -0.4 is 0 Å². The number of aliphatic hydroxyl groups excluding tert-OH is 1. The minimum atomic E-state index is 0.198. The Labute approximate surface area is 99.3 Å². The first-order valence-electron chi connectivity index (χ1n) is 6.53. The van der Waals surface area contributed by atoms with Gasteiger partial charge < -0.3 is 5.11 Å². The summed E-state index contributed by atoms with van der Waals surface area (Å²) in [5.74, 6) is 1.70. The molecule has 2 saturated carbocycles. The van der Waals surface area contributed by atoms with Gasteiger partial charge in [-0.25, -0.2) is 0 Å². The Morgan fingerprint density at radius 3 is 2.88 bits per heavy atom. The second-order valence-electron chi connectivity index (χ2n) is 5.90. The maximum atomic E-state index is 8.96. The molecule has 2 aliphatic carbocycles. The zero-order valence-electron chi connectivity index (χ0n) is 10.6. The van der Waals surface area contributed by atoms with Gasteiger partial charge in [-0.3, -0.25) is 0 Å². The van der Waals surface area contributed by atoms with Crippen LogP contribution in [0.3, 0.4) is 0 Å². The summed E-state index contributed by atoms with van der Waals surface area (Å²) in [7, 11) is 0. The van der Waals surface area contributed by atoms with Gasteiger partial charge in [-0.15, -0.1) is 0 Å². The first-order valence-corrected chi connectivity index (χ1v) is 6.53. The van der Waals surface area contributed by atoms with Crippen molar-refractivity contribution < 1.29 is 5.11 Å².